The fraction of sp³-hybridized carbons (Fsp3) is 0.278. The van der Waals surface area contributed by atoms with Crippen LogP contribution in [0.5, 0.6) is 5.75 Å². The lowest BCUT2D eigenvalue weighted by molar-refractivity contribution is -0.123. The highest BCUT2D eigenvalue weighted by Gasteiger charge is 2.28. The number of aromatic nitrogens is 4. The van der Waals surface area contributed by atoms with Crippen molar-refractivity contribution in [3.05, 3.63) is 53.7 Å². The molecule has 0 saturated carbocycles. The molecular formula is C18H22Cl2N6O2. The Morgan fingerprint density at radius 1 is 1.29 bits per heavy atom. The summed E-state index contributed by atoms with van der Waals surface area (Å²) in [5, 5.41) is 13.3. The average Bonchev–Trinajstić information content (AvgIpc) is 3.35. The summed E-state index contributed by atoms with van der Waals surface area (Å²) in [7, 11) is 1.64. The van der Waals surface area contributed by atoms with Crippen LogP contribution in [0.3, 0.4) is 0 Å². The number of nitrogens with one attached hydrogen (secondary N) is 4. The third kappa shape index (κ3) is 4.30. The Labute approximate surface area is 174 Å². The molecule has 4 N–H and O–H groups in total. The molecule has 2 aromatic heterocycles. The maximum Gasteiger partial charge on any atom is 0.243 e. The molecule has 1 unspecified atom stereocenters. The van der Waals surface area contributed by atoms with E-state index in [9.17, 15) is 4.79 Å². The van der Waals surface area contributed by atoms with Gasteiger partial charge in [0, 0.05) is 36.3 Å². The third-order valence-electron chi connectivity index (χ3n) is 4.56. The molecule has 0 saturated heterocycles. The first kappa shape index (κ1) is 21.7. The number of hydrogen-bond donors (Lipinski definition) is 4. The van der Waals surface area contributed by atoms with Crippen molar-refractivity contribution in [1.82, 2.24) is 30.8 Å². The normalized spacial score (nSPS) is 15.0. The highest BCUT2D eigenvalue weighted by atomic mass is 35.5. The number of carbonyl (C=O) groups excluding carboxylic acids is 1. The third-order valence-corrected chi connectivity index (χ3v) is 4.56. The summed E-state index contributed by atoms with van der Waals surface area (Å²) >= 11 is 0. The van der Waals surface area contributed by atoms with Gasteiger partial charge in [-0.3, -0.25) is 9.89 Å². The fourth-order valence-corrected chi connectivity index (χ4v) is 3.17. The lowest BCUT2D eigenvalue weighted by Gasteiger charge is -2.22. The van der Waals surface area contributed by atoms with Gasteiger partial charge in [0.1, 0.15) is 11.8 Å². The van der Waals surface area contributed by atoms with Crippen LogP contribution >= 0.6 is 24.8 Å². The van der Waals surface area contributed by atoms with Crippen molar-refractivity contribution in [2.24, 2.45) is 0 Å². The Balaban J connectivity index is 0.00000140. The number of ether oxygens (including phenoxy) is 1. The summed E-state index contributed by atoms with van der Waals surface area (Å²) in [6.07, 6.45) is 4.21. The van der Waals surface area contributed by atoms with E-state index in [-0.39, 0.29) is 30.7 Å². The van der Waals surface area contributed by atoms with Gasteiger partial charge in [0.15, 0.2) is 0 Å². The Bertz CT molecular complexity index is 909. The number of H-pyrrole nitrogens is 2. The van der Waals surface area contributed by atoms with E-state index >= 15 is 0 Å². The number of benzene rings is 1. The second-order valence-corrected chi connectivity index (χ2v) is 6.12. The van der Waals surface area contributed by atoms with E-state index in [0.717, 1.165) is 46.9 Å². The standard InChI is InChI=1S/C18H20N6O2.2ClH/c1-26-13-4-2-11(3-5-13)15-12(9-23-24-15)8-20-18(25)17-16-14(6-7-19-17)21-10-22-16;;/h2-5,9-10,17,19H,6-8H2,1H3,(H,20,25)(H,21,22)(H,23,24);2*1H. The molecular weight excluding hydrogens is 403 g/mol. The molecule has 150 valence electrons. The first-order valence-electron chi connectivity index (χ1n) is 8.46. The van der Waals surface area contributed by atoms with Gasteiger partial charge >= 0.3 is 0 Å². The van der Waals surface area contributed by atoms with Crippen LogP contribution in [0.4, 0.5) is 0 Å². The minimum atomic E-state index is -0.429. The van der Waals surface area contributed by atoms with Crippen LogP contribution in [-0.2, 0) is 17.8 Å². The molecule has 4 rings (SSSR count). The Morgan fingerprint density at radius 2 is 2.07 bits per heavy atom. The smallest absolute Gasteiger partial charge is 0.243 e. The van der Waals surface area contributed by atoms with Crippen LogP contribution in [0.1, 0.15) is 23.0 Å². The van der Waals surface area contributed by atoms with Gasteiger partial charge in [-0.15, -0.1) is 24.8 Å². The predicted octanol–water partition coefficient (Wildman–Crippen LogP) is 2.16. The number of fused-ring (bicyclic) bond motifs is 1. The van der Waals surface area contributed by atoms with E-state index in [0.29, 0.717) is 6.54 Å². The highest BCUT2D eigenvalue weighted by Crippen LogP contribution is 2.24. The Hall–Kier alpha value is -2.55. The van der Waals surface area contributed by atoms with Crippen molar-refractivity contribution >= 4 is 30.7 Å². The molecule has 28 heavy (non-hydrogen) atoms. The molecule has 10 heteroatoms. The van der Waals surface area contributed by atoms with Crippen molar-refractivity contribution in [2.75, 3.05) is 13.7 Å². The molecule has 0 radical (unpaired) electrons. The highest BCUT2D eigenvalue weighted by molar-refractivity contribution is 5.85. The minimum Gasteiger partial charge on any atom is -0.497 e. The van der Waals surface area contributed by atoms with E-state index in [4.69, 9.17) is 4.74 Å². The number of methoxy groups -OCH3 is 1. The van der Waals surface area contributed by atoms with Crippen molar-refractivity contribution in [1.29, 1.82) is 0 Å². The number of halogens is 2. The van der Waals surface area contributed by atoms with Crippen LogP contribution in [0.25, 0.3) is 11.3 Å². The lowest BCUT2D eigenvalue weighted by Crippen LogP contribution is -2.41. The molecule has 1 atom stereocenters. The van der Waals surface area contributed by atoms with Gasteiger partial charge in [0.2, 0.25) is 5.91 Å². The Morgan fingerprint density at radius 3 is 2.82 bits per heavy atom. The number of nitrogens with zero attached hydrogens (tertiary/aromatic N) is 2. The van der Waals surface area contributed by atoms with Crippen molar-refractivity contribution in [3.63, 3.8) is 0 Å². The summed E-state index contributed by atoms with van der Waals surface area (Å²) in [6, 6.07) is 7.27. The van der Waals surface area contributed by atoms with E-state index in [1.807, 2.05) is 24.3 Å². The summed E-state index contributed by atoms with van der Waals surface area (Å²) < 4.78 is 5.19. The lowest BCUT2D eigenvalue weighted by atomic mass is 10.0. The topological polar surface area (TPSA) is 108 Å². The number of aromatic amines is 2. The first-order valence-corrected chi connectivity index (χ1v) is 8.46. The van der Waals surface area contributed by atoms with Crippen LogP contribution in [0.2, 0.25) is 0 Å². The fourth-order valence-electron chi connectivity index (χ4n) is 3.17. The summed E-state index contributed by atoms with van der Waals surface area (Å²) in [5.74, 6) is 0.696. The van der Waals surface area contributed by atoms with Crippen LogP contribution in [-0.4, -0.2) is 39.7 Å². The minimum absolute atomic E-state index is 0. The predicted molar refractivity (Wildman–Crippen MR) is 110 cm³/mol. The molecule has 8 nitrogen and oxygen atoms in total. The molecule has 1 aliphatic rings. The van der Waals surface area contributed by atoms with Gasteiger partial charge in [-0.1, -0.05) is 0 Å². The summed E-state index contributed by atoms with van der Waals surface area (Å²) in [4.78, 5) is 20.0. The number of rotatable bonds is 5. The van der Waals surface area contributed by atoms with E-state index in [1.54, 1.807) is 19.6 Å². The van der Waals surface area contributed by atoms with Gasteiger partial charge in [-0.25, -0.2) is 4.98 Å². The van der Waals surface area contributed by atoms with E-state index in [2.05, 4.69) is 30.8 Å². The second kappa shape index (κ2) is 9.59. The molecule has 3 heterocycles. The molecule has 1 aliphatic heterocycles. The summed E-state index contributed by atoms with van der Waals surface area (Å²) in [6.45, 7) is 1.13. The van der Waals surface area contributed by atoms with Crippen molar-refractivity contribution in [2.45, 2.75) is 19.0 Å². The number of amides is 1. The molecule has 3 aromatic rings. The molecule has 0 bridgehead atoms. The van der Waals surface area contributed by atoms with Gasteiger partial charge in [-0.05, 0) is 24.3 Å². The first-order chi connectivity index (χ1) is 12.8. The molecule has 1 aromatic carbocycles. The average molecular weight is 425 g/mol. The maximum absolute atomic E-state index is 12.6. The van der Waals surface area contributed by atoms with Crippen LogP contribution < -0.4 is 15.4 Å². The van der Waals surface area contributed by atoms with Crippen LogP contribution in [0.15, 0.2) is 36.8 Å². The largest absolute Gasteiger partial charge is 0.497 e. The second-order valence-electron chi connectivity index (χ2n) is 6.12. The molecule has 0 spiro atoms. The summed E-state index contributed by atoms with van der Waals surface area (Å²) in [5.41, 5.74) is 4.58. The van der Waals surface area contributed by atoms with E-state index < -0.39 is 6.04 Å². The van der Waals surface area contributed by atoms with Gasteiger partial charge in [-0.2, -0.15) is 5.10 Å². The van der Waals surface area contributed by atoms with E-state index in [1.165, 1.54) is 0 Å². The zero-order chi connectivity index (χ0) is 17.9. The van der Waals surface area contributed by atoms with Gasteiger partial charge in [0.25, 0.3) is 0 Å². The maximum atomic E-state index is 12.6. The van der Waals surface area contributed by atoms with Crippen molar-refractivity contribution in [3.8, 4) is 17.0 Å². The molecule has 0 aliphatic carbocycles. The quantitative estimate of drug-likeness (QED) is 0.501. The van der Waals surface area contributed by atoms with Crippen molar-refractivity contribution < 1.29 is 9.53 Å². The van der Waals surface area contributed by atoms with Crippen LogP contribution in [0, 0.1) is 0 Å². The SMILES string of the molecule is COc1ccc(-c2[nH]ncc2CNC(=O)C2NCCc3[nH]cnc32)cc1.Cl.Cl. The molecule has 0 fully saturated rings. The molecule has 1 amide bonds. The zero-order valence-corrected chi connectivity index (χ0v) is 16.8. The monoisotopic (exact) mass is 424 g/mol. The van der Waals surface area contributed by atoms with Gasteiger partial charge in [0.05, 0.1) is 31.0 Å². The number of hydrogen-bond acceptors (Lipinski definition) is 5. The number of imidazole rings is 1. The Kier molecular flexibility index (Phi) is 7.45. The van der Waals surface area contributed by atoms with Gasteiger partial charge < -0.3 is 20.4 Å². The number of carbonyl (C=O) groups is 1. The zero-order valence-electron chi connectivity index (χ0n) is 15.2.